The highest BCUT2D eigenvalue weighted by Gasteiger charge is 2.45. The molecule has 0 saturated carbocycles. The van der Waals surface area contributed by atoms with E-state index in [1.165, 1.54) is 6.92 Å². The summed E-state index contributed by atoms with van der Waals surface area (Å²) in [4.78, 5) is 41.9. The molecule has 37 heavy (non-hydrogen) atoms. The van der Waals surface area contributed by atoms with Gasteiger partial charge in [-0.2, -0.15) is 0 Å². The lowest BCUT2D eigenvalue weighted by molar-refractivity contribution is -0.172. The fourth-order valence-electron chi connectivity index (χ4n) is 4.58. The van der Waals surface area contributed by atoms with Crippen LogP contribution in [0, 0.1) is 0 Å². The first-order chi connectivity index (χ1) is 17.4. The number of ether oxygens (including phenoxy) is 1. The number of aliphatic carboxylic acids is 1. The molecule has 4 heterocycles. The van der Waals surface area contributed by atoms with Gasteiger partial charge in [0.1, 0.15) is 18.4 Å². The number of hydrogen-bond donors (Lipinski definition) is 4. The number of aromatic nitrogens is 2. The predicted molar refractivity (Wildman–Crippen MR) is 135 cm³/mol. The summed E-state index contributed by atoms with van der Waals surface area (Å²) >= 11 is 0. The van der Waals surface area contributed by atoms with E-state index in [0.29, 0.717) is 41.1 Å². The molecule has 0 saturated heterocycles. The number of esters is 1. The summed E-state index contributed by atoms with van der Waals surface area (Å²) in [5.41, 5.74) is 6.87. The van der Waals surface area contributed by atoms with Crippen LogP contribution in [0.3, 0.4) is 0 Å². The van der Waals surface area contributed by atoms with E-state index in [1.807, 2.05) is 25.1 Å². The van der Waals surface area contributed by atoms with Crippen LogP contribution in [0.15, 0.2) is 29.1 Å². The lowest BCUT2D eigenvalue weighted by Gasteiger charge is -2.31. The number of cyclic esters (lactones) is 1. The number of aliphatic hydroxyl groups is 1. The zero-order chi connectivity index (χ0) is 27.2. The van der Waals surface area contributed by atoms with Gasteiger partial charge in [-0.25, -0.2) is 9.78 Å². The van der Waals surface area contributed by atoms with Gasteiger partial charge >= 0.3 is 11.9 Å². The third kappa shape index (κ3) is 4.45. The molecular weight excluding hydrogens is 480 g/mol. The highest BCUT2D eigenvalue weighted by molar-refractivity contribution is 5.89. The fraction of sp³-hybridized carbons (Fsp3) is 0.385. The Morgan fingerprint density at radius 2 is 1.97 bits per heavy atom. The van der Waals surface area contributed by atoms with E-state index in [1.54, 1.807) is 29.7 Å². The van der Waals surface area contributed by atoms with E-state index in [9.17, 15) is 24.6 Å². The summed E-state index contributed by atoms with van der Waals surface area (Å²) in [6.07, 6.45) is 0.104. The zero-order valence-electron chi connectivity index (χ0n) is 21.1. The van der Waals surface area contributed by atoms with Crippen molar-refractivity contribution in [1.82, 2.24) is 14.5 Å². The molecule has 0 spiro atoms. The number of benzene rings is 1. The summed E-state index contributed by atoms with van der Waals surface area (Å²) < 4.78 is 6.71. The van der Waals surface area contributed by atoms with Crippen molar-refractivity contribution >= 4 is 22.8 Å². The van der Waals surface area contributed by atoms with Crippen molar-refractivity contribution in [3.05, 3.63) is 56.9 Å². The van der Waals surface area contributed by atoms with E-state index < -0.39 is 23.6 Å². The van der Waals surface area contributed by atoms with E-state index in [0.717, 1.165) is 16.5 Å². The smallest absolute Gasteiger partial charge is 0.343 e. The van der Waals surface area contributed by atoms with Crippen molar-refractivity contribution in [2.24, 2.45) is 5.73 Å². The van der Waals surface area contributed by atoms with Crippen molar-refractivity contribution in [3.8, 4) is 17.1 Å². The Hall–Kier alpha value is -3.80. The molecule has 3 aromatic rings. The number of rotatable bonds is 4. The number of nitrogens with two attached hydrogens (primary N) is 1. The van der Waals surface area contributed by atoms with Gasteiger partial charge in [0.05, 0.1) is 29.0 Å². The van der Waals surface area contributed by atoms with Gasteiger partial charge in [0.2, 0.25) is 0 Å². The number of carboxylic acid groups (broad SMARTS) is 1. The van der Waals surface area contributed by atoms with Crippen molar-refractivity contribution < 1.29 is 29.6 Å². The molecule has 5 N–H and O–H groups in total. The highest BCUT2D eigenvalue weighted by atomic mass is 16.6. The molecule has 11 heteroatoms. The first kappa shape index (κ1) is 26.3. The van der Waals surface area contributed by atoms with Gasteiger partial charge < -0.3 is 35.3 Å². The molecule has 2 aliphatic heterocycles. The lowest BCUT2D eigenvalue weighted by Crippen LogP contribution is -2.44. The van der Waals surface area contributed by atoms with E-state index in [2.05, 4.69) is 0 Å². The maximum Gasteiger partial charge on any atom is 0.343 e. The molecule has 0 amide bonds. The van der Waals surface area contributed by atoms with Gasteiger partial charge in [0.25, 0.3) is 5.56 Å². The number of carbonyl (C=O) groups is 2. The van der Waals surface area contributed by atoms with Crippen LogP contribution in [-0.2, 0) is 39.6 Å². The summed E-state index contributed by atoms with van der Waals surface area (Å²) in [5.74, 6) is -1.50. The number of carbonyl (C=O) groups excluding carboxylic acids is 1. The fourth-order valence-corrected chi connectivity index (χ4v) is 4.58. The van der Waals surface area contributed by atoms with E-state index in [-0.39, 0.29) is 24.3 Å². The number of hydrogen-bond acceptors (Lipinski definition) is 9. The van der Waals surface area contributed by atoms with Crippen LogP contribution in [0.4, 0.5) is 0 Å². The maximum absolute atomic E-state index is 13.2. The Kier molecular flexibility index (Phi) is 6.80. The van der Waals surface area contributed by atoms with Crippen LogP contribution in [0.2, 0.25) is 0 Å². The number of carboxylic acids is 1. The summed E-state index contributed by atoms with van der Waals surface area (Å²) in [7, 11) is 3.86. The number of aromatic hydroxyl groups is 1. The molecule has 0 bridgehead atoms. The number of fused-ring (bicyclic) bond motifs is 5. The zero-order valence-corrected chi connectivity index (χ0v) is 21.1. The molecule has 0 fully saturated rings. The van der Waals surface area contributed by atoms with Crippen LogP contribution in [0.1, 0.15) is 42.5 Å². The van der Waals surface area contributed by atoms with Crippen LogP contribution < -0.4 is 11.3 Å². The molecule has 1 unspecified atom stereocenters. The quantitative estimate of drug-likeness (QED) is 0.293. The molecule has 2 aliphatic rings. The van der Waals surface area contributed by atoms with Crippen molar-refractivity contribution in [3.63, 3.8) is 0 Å². The van der Waals surface area contributed by atoms with E-state index >= 15 is 0 Å². The molecule has 196 valence electrons. The largest absolute Gasteiger partial charge is 0.508 e. The standard InChI is InChI=1S/C23H23N3O5.C3H7NO2/c1-4-23(30)16-8-18-20-12(9-26(18)21(28)15(16)11-31-22(23)29)7-13-14(10-25(2)3)19(27)6-5-17(13)24-20;1-2(4)3(5)6/h5-8,27,30H,4,9-11H2,1-3H3;2H,4H2,1H3,(H,5,6)/t23-;/m0./s1. The minimum atomic E-state index is -1.84. The monoisotopic (exact) mass is 510 g/mol. The Bertz CT molecular complexity index is 1480. The molecule has 0 radical (unpaired) electrons. The first-order valence-electron chi connectivity index (χ1n) is 11.8. The van der Waals surface area contributed by atoms with Gasteiger partial charge in [-0.05, 0) is 51.7 Å². The average Bonchev–Trinajstić information content (AvgIpc) is 3.20. The van der Waals surface area contributed by atoms with Gasteiger partial charge in [-0.3, -0.25) is 9.59 Å². The Morgan fingerprint density at radius 1 is 1.30 bits per heavy atom. The van der Waals surface area contributed by atoms with E-state index in [4.69, 9.17) is 20.6 Å². The Morgan fingerprint density at radius 3 is 2.57 bits per heavy atom. The van der Waals surface area contributed by atoms with Gasteiger partial charge in [0, 0.05) is 28.6 Å². The molecular formula is C26H30N4O7. The van der Waals surface area contributed by atoms with Crippen LogP contribution in [0.25, 0.3) is 22.3 Å². The number of pyridine rings is 2. The topological polar surface area (TPSA) is 168 Å². The number of phenolic OH excluding ortho intramolecular Hbond substituents is 1. The average molecular weight is 511 g/mol. The highest BCUT2D eigenvalue weighted by Crippen LogP contribution is 2.39. The second kappa shape index (κ2) is 9.58. The van der Waals surface area contributed by atoms with Gasteiger partial charge in [-0.15, -0.1) is 0 Å². The molecule has 1 aromatic carbocycles. The van der Waals surface area contributed by atoms with Crippen molar-refractivity contribution in [2.45, 2.75) is 51.6 Å². The minimum absolute atomic E-state index is 0.104. The predicted octanol–water partition coefficient (Wildman–Crippen LogP) is 1.27. The molecule has 2 atom stereocenters. The van der Waals surface area contributed by atoms with Crippen LogP contribution in [-0.4, -0.2) is 61.8 Å². The SMILES string of the molecule is CC(N)C(=O)O.CC[C@@]1(O)C(=O)OCc2c1cc1n(c2=O)Cc2cc3c(CN(C)C)c(O)ccc3nc2-1. The second-order valence-corrected chi connectivity index (χ2v) is 9.59. The van der Waals surface area contributed by atoms with Crippen LogP contribution >= 0.6 is 0 Å². The second-order valence-electron chi connectivity index (χ2n) is 9.59. The summed E-state index contributed by atoms with van der Waals surface area (Å²) in [6, 6.07) is 6.32. The molecule has 5 rings (SSSR count). The summed E-state index contributed by atoms with van der Waals surface area (Å²) in [6.45, 7) is 3.83. The molecule has 0 aliphatic carbocycles. The lowest BCUT2D eigenvalue weighted by atomic mass is 9.86. The van der Waals surface area contributed by atoms with Crippen LogP contribution in [0.5, 0.6) is 5.75 Å². The first-order valence-corrected chi connectivity index (χ1v) is 11.8. The molecule has 2 aromatic heterocycles. The minimum Gasteiger partial charge on any atom is -0.508 e. The maximum atomic E-state index is 13.2. The third-order valence-electron chi connectivity index (χ3n) is 6.64. The summed E-state index contributed by atoms with van der Waals surface area (Å²) in [5, 5.41) is 30.0. The van der Waals surface area contributed by atoms with Crippen molar-refractivity contribution in [1.29, 1.82) is 0 Å². The third-order valence-corrected chi connectivity index (χ3v) is 6.64. The normalized spacial score (nSPS) is 18.4. The number of phenols is 1. The van der Waals surface area contributed by atoms with Gasteiger partial charge in [0.15, 0.2) is 5.60 Å². The van der Waals surface area contributed by atoms with Gasteiger partial charge in [-0.1, -0.05) is 6.92 Å². The van der Waals surface area contributed by atoms with Crippen molar-refractivity contribution in [2.75, 3.05) is 14.1 Å². The Balaban J connectivity index is 0.000000480. The Labute approximate surface area is 212 Å². The molecule has 11 nitrogen and oxygen atoms in total. The number of nitrogens with zero attached hydrogens (tertiary/aromatic N) is 3.